The van der Waals surface area contributed by atoms with Crippen molar-refractivity contribution in [3.05, 3.63) is 23.4 Å². The molecule has 2 heterocycles. The molecule has 14 heavy (non-hydrogen) atoms. The molecule has 0 amide bonds. The summed E-state index contributed by atoms with van der Waals surface area (Å²) >= 11 is 0. The third-order valence-electron chi connectivity index (χ3n) is 2.46. The zero-order chi connectivity index (χ0) is 10.2. The fourth-order valence-electron chi connectivity index (χ4n) is 1.72. The van der Waals surface area contributed by atoms with Crippen molar-refractivity contribution in [3.63, 3.8) is 0 Å². The van der Waals surface area contributed by atoms with Crippen LogP contribution in [0.3, 0.4) is 0 Å². The topological polar surface area (TPSA) is 75.4 Å². The summed E-state index contributed by atoms with van der Waals surface area (Å²) in [5.74, 6) is 0. The van der Waals surface area contributed by atoms with Gasteiger partial charge in [-0.25, -0.2) is 5.14 Å². The van der Waals surface area contributed by atoms with Crippen molar-refractivity contribution in [1.82, 2.24) is 9.62 Å². The van der Waals surface area contributed by atoms with Gasteiger partial charge in [0.25, 0.3) is 10.2 Å². The van der Waals surface area contributed by atoms with Crippen LogP contribution in [-0.4, -0.2) is 32.4 Å². The summed E-state index contributed by atoms with van der Waals surface area (Å²) in [4.78, 5) is 0. The van der Waals surface area contributed by atoms with Crippen molar-refractivity contribution in [2.45, 2.75) is 6.42 Å². The van der Waals surface area contributed by atoms with Gasteiger partial charge < -0.3 is 5.32 Å². The van der Waals surface area contributed by atoms with Crippen LogP contribution in [0, 0.1) is 0 Å². The number of dihydropyridines is 1. The minimum atomic E-state index is -3.54. The van der Waals surface area contributed by atoms with Gasteiger partial charge in [0.05, 0.1) is 0 Å². The van der Waals surface area contributed by atoms with E-state index in [1.165, 1.54) is 4.31 Å². The molecule has 2 rings (SSSR count). The Bertz CT molecular complexity index is 397. The number of rotatable bonds is 1. The molecule has 0 atom stereocenters. The second-order valence-corrected chi connectivity index (χ2v) is 4.96. The van der Waals surface area contributed by atoms with E-state index in [0.29, 0.717) is 13.1 Å². The number of hydrogen-bond acceptors (Lipinski definition) is 3. The highest BCUT2D eigenvalue weighted by molar-refractivity contribution is 7.86. The highest BCUT2D eigenvalue weighted by Crippen LogP contribution is 2.20. The first-order valence-electron chi connectivity index (χ1n) is 4.47. The lowest BCUT2D eigenvalue weighted by Crippen LogP contribution is -2.43. The first-order valence-corrected chi connectivity index (χ1v) is 5.98. The van der Waals surface area contributed by atoms with Gasteiger partial charge in [0, 0.05) is 31.8 Å². The second-order valence-electron chi connectivity index (χ2n) is 3.42. The lowest BCUT2D eigenvalue weighted by molar-refractivity contribution is 0.416. The first kappa shape index (κ1) is 9.70. The van der Waals surface area contributed by atoms with Crippen LogP contribution in [0.15, 0.2) is 23.4 Å². The van der Waals surface area contributed by atoms with Crippen LogP contribution in [0.25, 0.3) is 0 Å². The predicted octanol–water partition coefficient (Wildman–Crippen LogP) is -0.691. The lowest BCUT2D eigenvalue weighted by Gasteiger charge is -2.29. The smallest absolute Gasteiger partial charge is 0.277 e. The van der Waals surface area contributed by atoms with Crippen LogP contribution in [-0.2, 0) is 10.2 Å². The Morgan fingerprint density at radius 3 is 3.00 bits per heavy atom. The van der Waals surface area contributed by atoms with Crippen molar-refractivity contribution >= 4 is 10.2 Å². The van der Waals surface area contributed by atoms with Crippen molar-refractivity contribution in [1.29, 1.82) is 0 Å². The molecule has 0 unspecified atom stereocenters. The van der Waals surface area contributed by atoms with Crippen LogP contribution in [0.4, 0.5) is 0 Å². The molecule has 0 aromatic carbocycles. The van der Waals surface area contributed by atoms with Crippen LogP contribution in [0.1, 0.15) is 6.42 Å². The number of nitrogens with one attached hydrogen (secondary N) is 1. The normalized spacial score (nSPS) is 23.2. The minimum absolute atomic E-state index is 0.387. The molecule has 78 valence electrons. The monoisotopic (exact) mass is 215 g/mol. The molecule has 6 heteroatoms. The zero-order valence-corrected chi connectivity index (χ0v) is 8.55. The maximum absolute atomic E-state index is 11.1. The molecule has 5 nitrogen and oxygen atoms in total. The van der Waals surface area contributed by atoms with Crippen molar-refractivity contribution in [2.75, 3.05) is 19.6 Å². The Labute approximate surface area is 83.4 Å². The maximum atomic E-state index is 11.1. The molecule has 3 N–H and O–H groups in total. The highest BCUT2D eigenvalue weighted by atomic mass is 32.2. The molecule has 2 aliphatic heterocycles. The van der Waals surface area contributed by atoms with E-state index >= 15 is 0 Å². The Morgan fingerprint density at radius 1 is 1.50 bits per heavy atom. The predicted molar refractivity (Wildman–Crippen MR) is 53.5 cm³/mol. The molecule has 0 aromatic rings. The van der Waals surface area contributed by atoms with Gasteiger partial charge >= 0.3 is 0 Å². The third kappa shape index (κ3) is 1.82. The largest absolute Gasteiger partial charge is 0.385 e. The van der Waals surface area contributed by atoms with Gasteiger partial charge in [-0.15, -0.1) is 0 Å². The quantitative estimate of drug-likeness (QED) is 0.608. The SMILES string of the molecule is NS(=O)(=O)N1CCC2=C(C=CCN2)C1. The van der Waals surface area contributed by atoms with Crippen molar-refractivity contribution in [3.8, 4) is 0 Å². The molecule has 0 saturated carbocycles. The van der Waals surface area contributed by atoms with Crippen molar-refractivity contribution in [2.24, 2.45) is 5.14 Å². The van der Waals surface area contributed by atoms with E-state index in [4.69, 9.17) is 5.14 Å². The van der Waals surface area contributed by atoms with Crippen LogP contribution >= 0.6 is 0 Å². The Morgan fingerprint density at radius 2 is 2.29 bits per heavy atom. The zero-order valence-electron chi connectivity index (χ0n) is 7.73. The van der Waals surface area contributed by atoms with E-state index in [-0.39, 0.29) is 0 Å². The Hall–Kier alpha value is -0.850. The van der Waals surface area contributed by atoms with E-state index in [0.717, 1.165) is 24.2 Å². The molecular formula is C8H13N3O2S. The van der Waals surface area contributed by atoms with Gasteiger partial charge in [-0.1, -0.05) is 12.2 Å². The fraction of sp³-hybridized carbons (Fsp3) is 0.500. The van der Waals surface area contributed by atoms with Gasteiger partial charge in [0.2, 0.25) is 0 Å². The standard InChI is InChI=1S/C8H13N3O2S/c9-14(12,13)11-5-3-8-7(6-11)2-1-4-10-8/h1-2,10H,3-6H2,(H2,9,12,13). The minimum Gasteiger partial charge on any atom is -0.385 e. The summed E-state index contributed by atoms with van der Waals surface area (Å²) in [5, 5.41) is 8.29. The number of nitrogens with zero attached hydrogens (tertiary/aromatic N) is 1. The Balaban J connectivity index is 2.21. The summed E-state index contributed by atoms with van der Waals surface area (Å²) in [6.45, 7) is 1.68. The van der Waals surface area contributed by atoms with Gasteiger partial charge in [-0.2, -0.15) is 12.7 Å². The molecule has 0 radical (unpaired) electrons. The van der Waals surface area contributed by atoms with E-state index in [1.807, 2.05) is 12.2 Å². The summed E-state index contributed by atoms with van der Waals surface area (Å²) < 4.78 is 23.5. The lowest BCUT2D eigenvalue weighted by atomic mass is 10.0. The average Bonchev–Trinajstić information content (AvgIpc) is 2.16. The molecule has 0 spiro atoms. The van der Waals surface area contributed by atoms with Crippen molar-refractivity contribution < 1.29 is 8.42 Å². The first-order chi connectivity index (χ1) is 6.57. The van der Waals surface area contributed by atoms with Gasteiger partial charge in [-0.3, -0.25) is 0 Å². The summed E-state index contributed by atoms with van der Waals surface area (Å²) in [7, 11) is -3.54. The maximum Gasteiger partial charge on any atom is 0.277 e. The number of nitrogens with two attached hydrogens (primary N) is 1. The highest BCUT2D eigenvalue weighted by Gasteiger charge is 2.24. The van der Waals surface area contributed by atoms with Crippen LogP contribution < -0.4 is 10.5 Å². The molecule has 2 aliphatic rings. The number of hydrogen-bond donors (Lipinski definition) is 2. The third-order valence-corrected chi connectivity index (χ3v) is 3.49. The summed E-state index contributed by atoms with van der Waals surface area (Å²) in [5.41, 5.74) is 2.17. The molecule has 0 fully saturated rings. The van der Waals surface area contributed by atoms with E-state index in [1.54, 1.807) is 0 Å². The van der Waals surface area contributed by atoms with Crippen LogP contribution in [0.5, 0.6) is 0 Å². The summed E-state index contributed by atoms with van der Waals surface area (Å²) in [6, 6.07) is 0. The fourth-order valence-corrected chi connectivity index (χ4v) is 2.38. The second kappa shape index (κ2) is 3.38. The molecular weight excluding hydrogens is 202 g/mol. The average molecular weight is 215 g/mol. The van der Waals surface area contributed by atoms with E-state index in [2.05, 4.69) is 5.32 Å². The van der Waals surface area contributed by atoms with Crippen LogP contribution in [0.2, 0.25) is 0 Å². The Kier molecular flexibility index (Phi) is 2.34. The van der Waals surface area contributed by atoms with E-state index in [9.17, 15) is 8.42 Å². The molecule has 0 saturated heterocycles. The van der Waals surface area contributed by atoms with Gasteiger partial charge in [-0.05, 0) is 5.57 Å². The molecule has 0 bridgehead atoms. The molecule has 0 aliphatic carbocycles. The van der Waals surface area contributed by atoms with Gasteiger partial charge in [0.1, 0.15) is 0 Å². The molecule has 0 aromatic heterocycles. The van der Waals surface area contributed by atoms with E-state index < -0.39 is 10.2 Å². The summed E-state index contributed by atoms with van der Waals surface area (Å²) in [6.07, 6.45) is 4.66. The van der Waals surface area contributed by atoms with Gasteiger partial charge in [0.15, 0.2) is 0 Å².